The first kappa shape index (κ1) is 21.5. The van der Waals surface area contributed by atoms with Crippen molar-refractivity contribution in [3.63, 3.8) is 0 Å². The number of thioether (sulfide) groups is 1. The molecular formula is C22H24ClNO4S. The zero-order valence-electron chi connectivity index (χ0n) is 16.6. The Morgan fingerprint density at radius 2 is 1.90 bits per heavy atom. The molecule has 0 saturated heterocycles. The number of hydrogen-bond donors (Lipinski definition) is 0. The van der Waals surface area contributed by atoms with E-state index in [0.29, 0.717) is 12.4 Å². The van der Waals surface area contributed by atoms with Gasteiger partial charge in [0.2, 0.25) is 0 Å². The Hall–Kier alpha value is -2.18. The molecule has 29 heavy (non-hydrogen) atoms. The smallest absolute Gasteiger partial charge is 0.303 e. The van der Waals surface area contributed by atoms with Gasteiger partial charge >= 0.3 is 5.97 Å². The highest BCUT2D eigenvalue weighted by Gasteiger charge is 2.41. The number of hydrogen-bond acceptors (Lipinski definition) is 5. The lowest BCUT2D eigenvalue weighted by Crippen LogP contribution is -2.44. The lowest BCUT2D eigenvalue weighted by atomic mass is 10.0. The molecule has 1 aliphatic rings. The van der Waals surface area contributed by atoms with Crippen molar-refractivity contribution < 1.29 is 19.1 Å². The predicted octanol–water partition coefficient (Wildman–Crippen LogP) is 4.68. The highest BCUT2D eigenvalue weighted by Crippen LogP contribution is 2.47. The van der Waals surface area contributed by atoms with Crippen LogP contribution in [0.1, 0.15) is 24.7 Å². The van der Waals surface area contributed by atoms with Gasteiger partial charge in [-0.25, -0.2) is 0 Å². The van der Waals surface area contributed by atoms with Gasteiger partial charge in [-0.15, -0.1) is 23.4 Å². The van der Waals surface area contributed by atoms with Gasteiger partial charge in [-0.3, -0.25) is 9.59 Å². The Morgan fingerprint density at radius 3 is 2.52 bits per heavy atom. The van der Waals surface area contributed by atoms with E-state index in [4.69, 9.17) is 21.1 Å². The van der Waals surface area contributed by atoms with Gasteiger partial charge in [-0.1, -0.05) is 31.2 Å². The van der Waals surface area contributed by atoms with Crippen LogP contribution >= 0.6 is 23.4 Å². The van der Waals surface area contributed by atoms with Crippen molar-refractivity contribution in [2.45, 2.75) is 30.1 Å². The van der Waals surface area contributed by atoms with Crippen molar-refractivity contribution >= 4 is 40.9 Å². The molecule has 2 aromatic rings. The minimum absolute atomic E-state index is 0.0918. The molecule has 0 aliphatic carbocycles. The number of ether oxygens (including phenoxy) is 2. The summed E-state index contributed by atoms with van der Waals surface area (Å²) in [5.41, 5.74) is 1.70. The number of carbonyl (C=O) groups excluding carboxylic acids is 2. The Labute approximate surface area is 180 Å². The Kier molecular flexibility index (Phi) is 7.09. The molecule has 0 aromatic heterocycles. The largest absolute Gasteiger partial charge is 0.497 e. The summed E-state index contributed by atoms with van der Waals surface area (Å²) in [7, 11) is 1.60. The van der Waals surface area contributed by atoms with Gasteiger partial charge in [0, 0.05) is 24.2 Å². The van der Waals surface area contributed by atoms with Crippen LogP contribution in [0.5, 0.6) is 5.75 Å². The molecule has 0 spiro atoms. The van der Waals surface area contributed by atoms with Crippen molar-refractivity contribution in [2.24, 2.45) is 5.92 Å². The van der Waals surface area contributed by atoms with Crippen LogP contribution in [0, 0.1) is 5.92 Å². The van der Waals surface area contributed by atoms with Crippen molar-refractivity contribution in [2.75, 3.05) is 24.4 Å². The van der Waals surface area contributed by atoms with Gasteiger partial charge in [0.1, 0.15) is 5.75 Å². The second-order valence-corrected chi connectivity index (χ2v) is 8.51. The number of nitrogens with zero attached hydrogens (tertiary/aromatic N) is 1. The highest BCUT2D eigenvalue weighted by molar-refractivity contribution is 7.99. The highest BCUT2D eigenvalue weighted by atomic mass is 35.5. The number of rotatable bonds is 6. The van der Waals surface area contributed by atoms with Crippen molar-refractivity contribution in [3.8, 4) is 5.75 Å². The summed E-state index contributed by atoms with van der Waals surface area (Å²) in [5.74, 6) is 0.517. The summed E-state index contributed by atoms with van der Waals surface area (Å²) in [6, 6.07) is 15.2. The number of alkyl halides is 1. The number of carbonyl (C=O) groups is 2. The van der Waals surface area contributed by atoms with E-state index >= 15 is 0 Å². The van der Waals surface area contributed by atoms with Crippen molar-refractivity contribution in [1.29, 1.82) is 0 Å². The molecular weight excluding hydrogens is 410 g/mol. The van der Waals surface area contributed by atoms with Gasteiger partial charge in [0.15, 0.2) is 6.10 Å². The average Bonchev–Trinajstić information content (AvgIpc) is 2.84. The first-order valence-corrected chi connectivity index (χ1v) is 10.8. The fourth-order valence-corrected chi connectivity index (χ4v) is 4.67. The van der Waals surface area contributed by atoms with E-state index in [1.807, 2.05) is 55.5 Å². The van der Waals surface area contributed by atoms with Crippen molar-refractivity contribution in [3.05, 3.63) is 54.1 Å². The second kappa shape index (κ2) is 9.55. The Morgan fingerprint density at radius 1 is 1.21 bits per heavy atom. The van der Waals surface area contributed by atoms with Crippen LogP contribution in [0.15, 0.2) is 53.4 Å². The van der Waals surface area contributed by atoms with E-state index in [1.54, 1.807) is 12.0 Å². The predicted molar refractivity (Wildman–Crippen MR) is 116 cm³/mol. The topological polar surface area (TPSA) is 55.8 Å². The lowest BCUT2D eigenvalue weighted by molar-refractivity contribution is -0.152. The quantitative estimate of drug-likeness (QED) is 0.489. The summed E-state index contributed by atoms with van der Waals surface area (Å²) in [4.78, 5) is 28.1. The molecule has 0 radical (unpaired) electrons. The number of methoxy groups -OCH3 is 1. The minimum Gasteiger partial charge on any atom is -0.497 e. The van der Waals surface area contributed by atoms with Crippen LogP contribution in [0.3, 0.4) is 0 Å². The van der Waals surface area contributed by atoms with Crippen LogP contribution in [-0.2, 0) is 14.3 Å². The molecule has 154 valence electrons. The van der Waals surface area contributed by atoms with Crippen LogP contribution in [0.2, 0.25) is 0 Å². The molecule has 1 unspecified atom stereocenters. The SMILES string of the molecule is COc1ccc([C@H]2Sc3ccccc3N(CC(C)CCl)C(=O)[C@H]2OC(C)=O)cc1. The molecule has 0 saturated carbocycles. The molecule has 5 nitrogen and oxygen atoms in total. The summed E-state index contributed by atoms with van der Waals surface area (Å²) < 4.78 is 10.8. The zero-order chi connectivity index (χ0) is 21.0. The van der Waals surface area contributed by atoms with E-state index < -0.39 is 12.1 Å². The maximum absolute atomic E-state index is 13.6. The molecule has 3 rings (SSSR count). The lowest BCUT2D eigenvalue weighted by Gasteiger charge is -2.29. The number of esters is 1. The van der Waals surface area contributed by atoms with Gasteiger partial charge < -0.3 is 14.4 Å². The number of para-hydroxylation sites is 1. The van der Waals surface area contributed by atoms with Crippen LogP contribution in [0.4, 0.5) is 5.69 Å². The third kappa shape index (κ3) is 4.87. The minimum atomic E-state index is -0.944. The molecule has 0 bridgehead atoms. The molecule has 0 fully saturated rings. The molecule has 7 heteroatoms. The van der Waals surface area contributed by atoms with Gasteiger partial charge in [-0.05, 0) is 35.7 Å². The number of anilines is 1. The molecule has 3 atom stereocenters. The third-order valence-electron chi connectivity index (χ3n) is 4.69. The first-order chi connectivity index (χ1) is 13.9. The molecule has 1 aliphatic heterocycles. The molecule has 2 aromatic carbocycles. The number of benzene rings is 2. The Balaban J connectivity index is 2.08. The summed E-state index contributed by atoms with van der Waals surface area (Å²) in [6.45, 7) is 3.77. The second-order valence-electron chi connectivity index (χ2n) is 7.02. The van der Waals surface area contributed by atoms with Crippen LogP contribution < -0.4 is 9.64 Å². The maximum atomic E-state index is 13.6. The molecule has 0 N–H and O–H groups in total. The Bertz CT molecular complexity index is 873. The summed E-state index contributed by atoms with van der Waals surface area (Å²) >= 11 is 7.54. The maximum Gasteiger partial charge on any atom is 0.303 e. The van der Waals surface area contributed by atoms with E-state index in [-0.39, 0.29) is 17.1 Å². The van der Waals surface area contributed by atoms with Gasteiger partial charge in [-0.2, -0.15) is 0 Å². The van der Waals surface area contributed by atoms with E-state index in [1.165, 1.54) is 18.7 Å². The standard InChI is InChI=1S/C22H24ClNO4S/c1-14(12-23)13-24-18-6-4-5-7-19(18)29-21(20(22(24)26)28-15(2)25)16-8-10-17(27-3)11-9-16/h4-11,14,20-21H,12-13H2,1-3H3/t14?,20-,21+/m0/s1. The summed E-state index contributed by atoms with van der Waals surface area (Å²) in [5, 5.41) is -0.380. The number of fused-ring (bicyclic) bond motifs is 1. The normalized spacial score (nSPS) is 19.9. The fraction of sp³-hybridized carbons (Fsp3) is 0.364. The van der Waals surface area contributed by atoms with E-state index in [2.05, 4.69) is 0 Å². The van der Waals surface area contributed by atoms with Crippen molar-refractivity contribution in [1.82, 2.24) is 0 Å². The van der Waals surface area contributed by atoms with Gasteiger partial charge in [0.05, 0.1) is 18.0 Å². The number of halogens is 1. The number of amides is 1. The average molecular weight is 434 g/mol. The van der Waals surface area contributed by atoms with E-state index in [9.17, 15) is 9.59 Å². The monoisotopic (exact) mass is 433 g/mol. The summed E-state index contributed by atoms with van der Waals surface area (Å²) in [6.07, 6.45) is -0.944. The fourth-order valence-electron chi connectivity index (χ4n) is 3.26. The van der Waals surface area contributed by atoms with Crippen LogP contribution in [-0.4, -0.2) is 37.5 Å². The zero-order valence-corrected chi connectivity index (χ0v) is 18.2. The molecule has 1 heterocycles. The third-order valence-corrected chi connectivity index (χ3v) is 6.59. The van der Waals surface area contributed by atoms with Gasteiger partial charge in [0.25, 0.3) is 5.91 Å². The van der Waals surface area contributed by atoms with E-state index in [0.717, 1.165) is 21.9 Å². The first-order valence-electron chi connectivity index (χ1n) is 9.38. The van der Waals surface area contributed by atoms with Crippen LogP contribution in [0.25, 0.3) is 0 Å². The molecule has 1 amide bonds.